The Kier molecular flexibility index (Phi) is 4.09. The number of nitrogens with zero attached hydrogens (tertiary/aromatic N) is 3. The molecule has 5 heteroatoms. The first-order valence-electron chi connectivity index (χ1n) is 5.47. The Hall–Kier alpha value is -2.61. The summed E-state index contributed by atoms with van der Waals surface area (Å²) < 4.78 is 5.22. The average Bonchev–Trinajstić information content (AvgIpc) is 2.44. The Morgan fingerprint density at radius 1 is 1.33 bits per heavy atom. The third-order valence-corrected chi connectivity index (χ3v) is 2.23. The summed E-state index contributed by atoms with van der Waals surface area (Å²) in [6.07, 6.45) is 5.01. The molecule has 0 saturated carbocycles. The highest BCUT2D eigenvalue weighted by molar-refractivity contribution is 5.48. The Balaban J connectivity index is 1.95. The van der Waals surface area contributed by atoms with E-state index < -0.39 is 0 Å². The van der Waals surface area contributed by atoms with Gasteiger partial charge in [-0.2, -0.15) is 5.26 Å². The molecular formula is C13H12N4O. The lowest BCUT2D eigenvalue weighted by atomic mass is 10.3. The molecule has 1 aromatic heterocycles. The largest absolute Gasteiger partial charge is 0.479 e. The van der Waals surface area contributed by atoms with Crippen LogP contribution in [0.5, 0.6) is 5.75 Å². The lowest BCUT2D eigenvalue weighted by molar-refractivity contribution is 0.368. The van der Waals surface area contributed by atoms with Gasteiger partial charge in [0.1, 0.15) is 11.8 Å². The van der Waals surface area contributed by atoms with Crippen molar-refractivity contribution in [3.05, 3.63) is 48.5 Å². The minimum atomic E-state index is 0.0492. The van der Waals surface area contributed by atoms with Crippen LogP contribution in [0.15, 0.2) is 42.9 Å². The SMILES string of the molecule is N#CCOc1cccc(NCc2cnccn2)c1. The van der Waals surface area contributed by atoms with Crippen LogP contribution < -0.4 is 10.1 Å². The third kappa shape index (κ3) is 3.46. The number of aromatic nitrogens is 2. The summed E-state index contributed by atoms with van der Waals surface area (Å²) in [5.74, 6) is 0.667. The van der Waals surface area contributed by atoms with Crippen molar-refractivity contribution in [2.45, 2.75) is 6.54 Å². The summed E-state index contributed by atoms with van der Waals surface area (Å²) in [5, 5.41) is 11.7. The van der Waals surface area contributed by atoms with Gasteiger partial charge in [-0.1, -0.05) is 6.07 Å². The second kappa shape index (κ2) is 6.21. The second-order valence-electron chi connectivity index (χ2n) is 3.52. The summed E-state index contributed by atoms with van der Waals surface area (Å²) in [7, 11) is 0. The molecule has 0 spiro atoms. The molecule has 0 bridgehead atoms. The van der Waals surface area contributed by atoms with Gasteiger partial charge in [0.15, 0.2) is 6.61 Å². The summed E-state index contributed by atoms with van der Waals surface area (Å²) >= 11 is 0. The highest BCUT2D eigenvalue weighted by atomic mass is 16.5. The van der Waals surface area contributed by atoms with Gasteiger partial charge in [-0.15, -0.1) is 0 Å². The van der Waals surface area contributed by atoms with E-state index in [1.54, 1.807) is 18.6 Å². The van der Waals surface area contributed by atoms with Crippen molar-refractivity contribution < 1.29 is 4.74 Å². The first-order valence-corrected chi connectivity index (χ1v) is 5.47. The van der Waals surface area contributed by atoms with E-state index in [-0.39, 0.29) is 6.61 Å². The Morgan fingerprint density at radius 2 is 2.28 bits per heavy atom. The molecule has 1 heterocycles. The molecule has 1 aromatic carbocycles. The fraction of sp³-hybridized carbons (Fsp3) is 0.154. The van der Waals surface area contributed by atoms with Crippen molar-refractivity contribution in [2.75, 3.05) is 11.9 Å². The van der Waals surface area contributed by atoms with Crippen molar-refractivity contribution >= 4 is 5.69 Å². The molecule has 0 amide bonds. The fourth-order valence-electron chi connectivity index (χ4n) is 1.43. The predicted molar refractivity (Wildman–Crippen MR) is 66.9 cm³/mol. The Morgan fingerprint density at radius 3 is 3.06 bits per heavy atom. The summed E-state index contributed by atoms with van der Waals surface area (Å²) in [6.45, 7) is 0.642. The van der Waals surface area contributed by atoms with Gasteiger partial charge in [-0.05, 0) is 12.1 Å². The average molecular weight is 240 g/mol. The first-order chi connectivity index (χ1) is 8.88. The number of rotatable bonds is 5. The lowest BCUT2D eigenvalue weighted by Gasteiger charge is -2.07. The molecule has 0 fully saturated rings. The monoisotopic (exact) mass is 240 g/mol. The zero-order chi connectivity index (χ0) is 12.6. The van der Waals surface area contributed by atoms with Crippen LogP contribution in [-0.4, -0.2) is 16.6 Å². The predicted octanol–water partition coefficient (Wildman–Crippen LogP) is 1.99. The van der Waals surface area contributed by atoms with Crippen LogP contribution >= 0.6 is 0 Å². The van der Waals surface area contributed by atoms with Gasteiger partial charge in [0.25, 0.3) is 0 Å². The van der Waals surface area contributed by atoms with Crippen LogP contribution in [0, 0.1) is 11.3 Å². The molecule has 0 atom stereocenters. The van der Waals surface area contributed by atoms with Crippen molar-refractivity contribution in [2.24, 2.45) is 0 Å². The highest BCUT2D eigenvalue weighted by Crippen LogP contribution is 2.17. The van der Waals surface area contributed by atoms with Gasteiger partial charge < -0.3 is 10.1 Å². The van der Waals surface area contributed by atoms with E-state index in [0.29, 0.717) is 12.3 Å². The van der Waals surface area contributed by atoms with Crippen molar-refractivity contribution in [1.29, 1.82) is 5.26 Å². The molecule has 2 aromatic rings. The number of benzene rings is 1. The van der Waals surface area contributed by atoms with E-state index in [9.17, 15) is 0 Å². The van der Waals surface area contributed by atoms with E-state index in [0.717, 1.165) is 11.4 Å². The van der Waals surface area contributed by atoms with Crippen LogP contribution in [0.25, 0.3) is 0 Å². The molecule has 0 saturated heterocycles. The van der Waals surface area contributed by atoms with Crippen molar-refractivity contribution in [1.82, 2.24) is 9.97 Å². The first kappa shape index (κ1) is 11.9. The van der Waals surface area contributed by atoms with Crippen LogP contribution in [-0.2, 0) is 6.54 Å². The summed E-state index contributed by atoms with van der Waals surface area (Å²) in [4.78, 5) is 8.16. The zero-order valence-electron chi connectivity index (χ0n) is 9.71. The number of hydrogen-bond acceptors (Lipinski definition) is 5. The second-order valence-corrected chi connectivity index (χ2v) is 3.52. The van der Waals surface area contributed by atoms with E-state index in [2.05, 4.69) is 15.3 Å². The van der Waals surface area contributed by atoms with E-state index >= 15 is 0 Å². The minimum Gasteiger partial charge on any atom is -0.479 e. The van der Waals surface area contributed by atoms with Gasteiger partial charge >= 0.3 is 0 Å². The van der Waals surface area contributed by atoms with Crippen molar-refractivity contribution in [3.8, 4) is 11.8 Å². The summed E-state index contributed by atoms with van der Waals surface area (Å²) in [5.41, 5.74) is 1.77. The quantitative estimate of drug-likeness (QED) is 0.865. The van der Waals surface area contributed by atoms with Gasteiger partial charge in [0, 0.05) is 24.1 Å². The van der Waals surface area contributed by atoms with E-state index in [1.165, 1.54) is 0 Å². The maximum absolute atomic E-state index is 8.44. The molecule has 2 rings (SSSR count). The third-order valence-electron chi connectivity index (χ3n) is 2.23. The molecule has 5 nitrogen and oxygen atoms in total. The minimum absolute atomic E-state index is 0.0492. The van der Waals surface area contributed by atoms with Gasteiger partial charge in [-0.25, -0.2) is 0 Å². The topological polar surface area (TPSA) is 70.8 Å². The Bertz CT molecular complexity index is 536. The lowest BCUT2D eigenvalue weighted by Crippen LogP contribution is -2.02. The molecule has 90 valence electrons. The highest BCUT2D eigenvalue weighted by Gasteiger charge is 1.97. The van der Waals surface area contributed by atoms with Crippen LogP contribution in [0.1, 0.15) is 5.69 Å². The molecular weight excluding hydrogens is 228 g/mol. The van der Waals surface area contributed by atoms with Gasteiger partial charge in [0.2, 0.25) is 0 Å². The molecule has 0 radical (unpaired) electrons. The van der Waals surface area contributed by atoms with Crippen LogP contribution in [0.4, 0.5) is 5.69 Å². The molecule has 0 unspecified atom stereocenters. The normalized spacial score (nSPS) is 9.50. The molecule has 0 aliphatic carbocycles. The summed E-state index contributed by atoms with van der Waals surface area (Å²) in [6, 6.07) is 9.38. The van der Waals surface area contributed by atoms with Crippen molar-refractivity contribution in [3.63, 3.8) is 0 Å². The number of hydrogen-bond donors (Lipinski definition) is 1. The molecule has 18 heavy (non-hydrogen) atoms. The fourth-order valence-corrected chi connectivity index (χ4v) is 1.43. The number of nitrogens with one attached hydrogen (secondary N) is 1. The number of anilines is 1. The zero-order valence-corrected chi connectivity index (χ0v) is 9.71. The number of ether oxygens (including phenoxy) is 1. The molecule has 0 aliphatic rings. The molecule has 1 N–H and O–H groups in total. The van der Waals surface area contributed by atoms with Crippen LogP contribution in [0.2, 0.25) is 0 Å². The smallest absolute Gasteiger partial charge is 0.174 e. The van der Waals surface area contributed by atoms with Gasteiger partial charge in [-0.3, -0.25) is 9.97 Å². The van der Waals surface area contributed by atoms with Crippen LogP contribution in [0.3, 0.4) is 0 Å². The van der Waals surface area contributed by atoms with Gasteiger partial charge in [0.05, 0.1) is 18.4 Å². The number of nitriles is 1. The van der Waals surface area contributed by atoms with E-state index in [1.807, 2.05) is 30.3 Å². The maximum Gasteiger partial charge on any atom is 0.174 e. The molecule has 0 aliphatic heterocycles. The standard InChI is InChI=1S/C13H12N4O/c14-4-7-18-13-3-1-2-11(8-13)17-10-12-9-15-5-6-16-12/h1-3,5-6,8-9,17H,7,10H2. The maximum atomic E-state index is 8.44. The van der Waals surface area contributed by atoms with E-state index in [4.69, 9.17) is 10.00 Å². The Labute approximate surface area is 105 Å².